The maximum Gasteiger partial charge on any atom is 0.218 e. The van der Waals surface area contributed by atoms with Gasteiger partial charge in [-0.2, -0.15) is 0 Å². The van der Waals surface area contributed by atoms with Gasteiger partial charge in [0.25, 0.3) is 0 Å². The SMILES string of the molecule is CCOc1cc(NCCCS(C)(=O)=O)ncn1. The van der Waals surface area contributed by atoms with Crippen molar-refractivity contribution in [3.8, 4) is 5.88 Å². The van der Waals surface area contributed by atoms with Gasteiger partial charge in [0.15, 0.2) is 0 Å². The number of sulfone groups is 1. The standard InChI is InChI=1S/C10H17N3O3S/c1-3-16-10-7-9(12-8-13-10)11-5-4-6-17(2,14)15/h7-8H,3-6H2,1-2H3,(H,11,12,13). The summed E-state index contributed by atoms with van der Waals surface area (Å²) in [6.07, 6.45) is 3.18. The van der Waals surface area contributed by atoms with Gasteiger partial charge in [0.05, 0.1) is 12.4 Å². The van der Waals surface area contributed by atoms with Crippen molar-refractivity contribution >= 4 is 15.7 Å². The molecule has 1 heterocycles. The Labute approximate surface area is 101 Å². The molecule has 0 atom stereocenters. The highest BCUT2D eigenvalue weighted by molar-refractivity contribution is 7.90. The van der Waals surface area contributed by atoms with Gasteiger partial charge in [-0.1, -0.05) is 0 Å². The molecule has 7 heteroatoms. The topological polar surface area (TPSA) is 81.2 Å². The molecule has 0 fully saturated rings. The minimum atomic E-state index is -2.89. The number of anilines is 1. The molecule has 1 aromatic rings. The van der Waals surface area contributed by atoms with Gasteiger partial charge in [0, 0.05) is 18.9 Å². The minimum Gasteiger partial charge on any atom is -0.478 e. The number of aromatic nitrogens is 2. The Kier molecular flexibility index (Phi) is 5.14. The van der Waals surface area contributed by atoms with E-state index < -0.39 is 9.84 Å². The van der Waals surface area contributed by atoms with Crippen LogP contribution in [0.15, 0.2) is 12.4 Å². The van der Waals surface area contributed by atoms with E-state index in [9.17, 15) is 8.42 Å². The molecule has 1 N–H and O–H groups in total. The lowest BCUT2D eigenvalue weighted by atomic mass is 10.4. The lowest BCUT2D eigenvalue weighted by molar-refractivity contribution is 0.326. The minimum absolute atomic E-state index is 0.170. The van der Waals surface area contributed by atoms with Crippen LogP contribution in [0.5, 0.6) is 5.88 Å². The molecule has 17 heavy (non-hydrogen) atoms. The van der Waals surface area contributed by atoms with Crippen LogP contribution in [0.4, 0.5) is 5.82 Å². The van der Waals surface area contributed by atoms with Crippen LogP contribution in [-0.2, 0) is 9.84 Å². The number of hydrogen-bond donors (Lipinski definition) is 1. The lowest BCUT2D eigenvalue weighted by Crippen LogP contribution is -2.10. The molecular formula is C10H17N3O3S. The summed E-state index contributed by atoms with van der Waals surface area (Å²) >= 11 is 0. The van der Waals surface area contributed by atoms with E-state index in [1.165, 1.54) is 12.6 Å². The normalized spacial score (nSPS) is 11.2. The van der Waals surface area contributed by atoms with E-state index in [1.54, 1.807) is 6.07 Å². The first-order valence-electron chi connectivity index (χ1n) is 5.37. The first-order chi connectivity index (χ1) is 8.01. The fourth-order valence-corrected chi connectivity index (χ4v) is 1.88. The van der Waals surface area contributed by atoms with Gasteiger partial charge in [-0.25, -0.2) is 18.4 Å². The number of ether oxygens (including phenoxy) is 1. The molecule has 6 nitrogen and oxygen atoms in total. The fraction of sp³-hybridized carbons (Fsp3) is 0.600. The number of rotatable bonds is 7. The highest BCUT2D eigenvalue weighted by atomic mass is 32.2. The molecule has 96 valence electrons. The molecule has 0 unspecified atom stereocenters. The third-order valence-corrected chi connectivity index (χ3v) is 2.96. The molecule has 0 spiro atoms. The molecule has 0 bridgehead atoms. The first-order valence-corrected chi connectivity index (χ1v) is 7.44. The van der Waals surface area contributed by atoms with E-state index in [0.717, 1.165) is 0 Å². The summed E-state index contributed by atoms with van der Waals surface area (Å²) in [5.41, 5.74) is 0. The van der Waals surface area contributed by atoms with Crippen LogP contribution in [0.2, 0.25) is 0 Å². The first kappa shape index (κ1) is 13.7. The molecule has 0 saturated heterocycles. The predicted octanol–water partition coefficient (Wildman–Crippen LogP) is 0.722. The van der Waals surface area contributed by atoms with Gasteiger partial charge in [-0.15, -0.1) is 0 Å². The van der Waals surface area contributed by atoms with Crippen LogP contribution < -0.4 is 10.1 Å². The quantitative estimate of drug-likeness (QED) is 0.727. The Morgan fingerprint density at radius 3 is 2.82 bits per heavy atom. The van der Waals surface area contributed by atoms with Crippen LogP contribution in [0, 0.1) is 0 Å². The summed E-state index contributed by atoms with van der Waals surface area (Å²) in [6, 6.07) is 1.68. The van der Waals surface area contributed by atoms with E-state index in [4.69, 9.17) is 4.74 Å². The summed E-state index contributed by atoms with van der Waals surface area (Å²) in [4.78, 5) is 7.93. The zero-order valence-electron chi connectivity index (χ0n) is 10.0. The Bertz CT molecular complexity index is 448. The Balaban J connectivity index is 2.38. The number of nitrogens with one attached hydrogen (secondary N) is 1. The summed E-state index contributed by atoms with van der Waals surface area (Å²) in [7, 11) is -2.89. The van der Waals surface area contributed by atoms with Crippen molar-refractivity contribution in [3.05, 3.63) is 12.4 Å². The maximum atomic E-state index is 10.9. The van der Waals surface area contributed by atoms with Crippen molar-refractivity contribution in [2.75, 3.05) is 30.5 Å². The van der Waals surface area contributed by atoms with Crippen molar-refractivity contribution in [2.45, 2.75) is 13.3 Å². The Morgan fingerprint density at radius 2 is 2.18 bits per heavy atom. The van der Waals surface area contributed by atoms with Crippen LogP contribution in [0.1, 0.15) is 13.3 Å². The highest BCUT2D eigenvalue weighted by Crippen LogP contribution is 2.10. The molecule has 0 radical (unpaired) electrons. The zero-order chi connectivity index (χ0) is 12.7. The second-order valence-electron chi connectivity index (χ2n) is 3.58. The van der Waals surface area contributed by atoms with Gasteiger partial charge in [0.1, 0.15) is 22.0 Å². The van der Waals surface area contributed by atoms with Crippen LogP contribution in [0.25, 0.3) is 0 Å². The van der Waals surface area contributed by atoms with Gasteiger partial charge >= 0.3 is 0 Å². The average Bonchev–Trinajstić information content (AvgIpc) is 2.24. The Hall–Kier alpha value is -1.37. The third-order valence-electron chi connectivity index (χ3n) is 1.93. The van der Waals surface area contributed by atoms with Gasteiger partial charge in [0.2, 0.25) is 5.88 Å². The lowest BCUT2D eigenvalue weighted by Gasteiger charge is -2.06. The summed E-state index contributed by atoms with van der Waals surface area (Å²) in [5.74, 6) is 1.31. The molecule has 1 aromatic heterocycles. The van der Waals surface area contributed by atoms with Gasteiger partial charge in [-0.3, -0.25) is 0 Å². The molecular weight excluding hydrogens is 242 g/mol. The fourth-order valence-electron chi connectivity index (χ4n) is 1.21. The van der Waals surface area contributed by atoms with Crippen LogP contribution in [0.3, 0.4) is 0 Å². The van der Waals surface area contributed by atoms with Gasteiger partial charge in [-0.05, 0) is 13.3 Å². The number of nitrogens with zero attached hydrogens (tertiary/aromatic N) is 2. The second-order valence-corrected chi connectivity index (χ2v) is 5.84. The molecule has 0 aliphatic rings. The highest BCUT2D eigenvalue weighted by Gasteiger charge is 2.02. The summed E-state index contributed by atoms with van der Waals surface area (Å²) in [5, 5.41) is 3.02. The predicted molar refractivity (Wildman–Crippen MR) is 66.0 cm³/mol. The van der Waals surface area contributed by atoms with Crippen LogP contribution >= 0.6 is 0 Å². The maximum absolute atomic E-state index is 10.9. The van der Waals surface area contributed by atoms with E-state index in [-0.39, 0.29) is 5.75 Å². The van der Waals surface area contributed by atoms with Crippen molar-refractivity contribution < 1.29 is 13.2 Å². The van der Waals surface area contributed by atoms with E-state index in [1.807, 2.05) is 6.92 Å². The van der Waals surface area contributed by atoms with Crippen molar-refractivity contribution in [1.82, 2.24) is 9.97 Å². The van der Waals surface area contributed by atoms with Crippen LogP contribution in [-0.4, -0.2) is 43.5 Å². The molecule has 0 amide bonds. The third kappa shape index (κ3) is 6.06. The number of hydrogen-bond acceptors (Lipinski definition) is 6. The Morgan fingerprint density at radius 1 is 1.41 bits per heavy atom. The second kappa shape index (κ2) is 6.39. The summed E-state index contributed by atoms with van der Waals surface area (Å²) < 4.78 is 27.0. The van der Waals surface area contributed by atoms with Crippen molar-refractivity contribution in [2.24, 2.45) is 0 Å². The zero-order valence-corrected chi connectivity index (χ0v) is 10.8. The smallest absolute Gasteiger partial charge is 0.218 e. The van der Waals surface area contributed by atoms with E-state index >= 15 is 0 Å². The van der Waals surface area contributed by atoms with Crippen molar-refractivity contribution in [1.29, 1.82) is 0 Å². The molecule has 1 rings (SSSR count). The monoisotopic (exact) mass is 259 g/mol. The molecule has 0 saturated carbocycles. The molecule has 0 aliphatic carbocycles. The average molecular weight is 259 g/mol. The van der Waals surface area contributed by atoms with E-state index in [0.29, 0.717) is 31.3 Å². The van der Waals surface area contributed by atoms with Gasteiger partial charge < -0.3 is 10.1 Å². The largest absolute Gasteiger partial charge is 0.478 e. The van der Waals surface area contributed by atoms with Crippen molar-refractivity contribution in [3.63, 3.8) is 0 Å². The van der Waals surface area contributed by atoms with E-state index in [2.05, 4.69) is 15.3 Å². The molecule has 0 aliphatic heterocycles. The molecule has 0 aromatic carbocycles. The summed E-state index contributed by atoms with van der Waals surface area (Å²) in [6.45, 7) is 2.97.